The van der Waals surface area contributed by atoms with Crippen LogP contribution >= 0.6 is 0 Å². The molecule has 0 N–H and O–H groups in total. The zero-order valence-corrected chi connectivity index (χ0v) is 24.8. The van der Waals surface area contributed by atoms with Gasteiger partial charge in [-0.2, -0.15) is 47.1 Å². The Labute approximate surface area is 237 Å². The maximum absolute atomic E-state index is 4.93. The minimum atomic E-state index is 0. The first-order chi connectivity index (χ1) is 14.6. The average molecular weight is 571 g/mol. The van der Waals surface area contributed by atoms with E-state index < -0.39 is 0 Å². The molecule has 0 atom stereocenters. The van der Waals surface area contributed by atoms with Crippen molar-refractivity contribution in [2.24, 2.45) is 0 Å². The van der Waals surface area contributed by atoms with Crippen LogP contribution in [0.4, 0.5) is 0 Å². The third-order valence-electron chi connectivity index (χ3n) is 6.05. The molecule has 0 amide bonds. The van der Waals surface area contributed by atoms with Crippen molar-refractivity contribution in [2.45, 2.75) is 65.2 Å². The molecule has 2 aliphatic carbocycles. The molecular weight excluding hydrogens is 538 g/mol. The van der Waals surface area contributed by atoms with E-state index in [0.29, 0.717) is 0 Å². The van der Waals surface area contributed by atoms with Crippen LogP contribution in [0.15, 0.2) is 65.5 Å². The Morgan fingerprint density at radius 1 is 0.853 bits per heavy atom. The number of hydrogen-bond acceptors (Lipinski definition) is 1. The quantitative estimate of drug-likeness (QED) is 0.320. The Bertz CT molecular complexity index is 1080. The van der Waals surface area contributed by atoms with E-state index in [-0.39, 0.29) is 61.8 Å². The number of benzene rings is 2. The van der Waals surface area contributed by atoms with Crippen LogP contribution in [-0.4, -0.2) is 0 Å². The summed E-state index contributed by atoms with van der Waals surface area (Å²) < 4.78 is 4.93. The van der Waals surface area contributed by atoms with Crippen molar-refractivity contribution in [1.82, 2.24) is 0 Å². The molecule has 5 rings (SSSR count). The molecule has 0 aliphatic heterocycles. The Balaban J connectivity index is 0.000000379. The third kappa shape index (κ3) is 6.87. The minimum Gasteiger partial charge on any atom is -1.00 e. The second kappa shape index (κ2) is 12.1. The summed E-state index contributed by atoms with van der Waals surface area (Å²) in [5.41, 5.74) is 11.0. The SMILES string of the molecule is CC(C)(C)c1c[c-]c2c(c1)-c1cc(C(C)(C)C)ccc1C2.[C-]1=C(c2ccoc2)C=CC1.[Cl-].[Cl-].[Zr+4]. The fourth-order valence-corrected chi connectivity index (χ4v) is 4.01. The Morgan fingerprint density at radius 3 is 2.09 bits per heavy atom. The summed E-state index contributed by atoms with van der Waals surface area (Å²) in [6, 6.07) is 17.0. The van der Waals surface area contributed by atoms with Gasteiger partial charge in [-0.05, 0) is 17.4 Å². The standard InChI is InChI=1S/C21H25.C9H7O.2ClH.Zr/c1-20(2,3)16-9-7-14-11-15-8-10-17(21(4,5)6)13-19(15)18(14)12-16;1-2-4-8(3-1)9-5-6-10-7-9;;;/h7,9-10,12-13H,11H2,1-6H3;1,3,5-7H,2H2;2*1H;/q2*-1;;;+4/p-2. The van der Waals surface area contributed by atoms with Crippen LogP contribution in [0.3, 0.4) is 0 Å². The van der Waals surface area contributed by atoms with Gasteiger partial charge in [-0.3, -0.25) is 0 Å². The van der Waals surface area contributed by atoms with E-state index in [9.17, 15) is 0 Å². The molecule has 0 fully saturated rings. The first kappa shape index (κ1) is 30.7. The molecule has 2 aromatic carbocycles. The summed E-state index contributed by atoms with van der Waals surface area (Å²) >= 11 is 0. The molecule has 2 aliphatic rings. The van der Waals surface area contributed by atoms with Crippen LogP contribution in [0.2, 0.25) is 0 Å². The van der Waals surface area contributed by atoms with Gasteiger partial charge in [0.2, 0.25) is 0 Å². The predicted octanol–water partition coefficient (Wildman–Crippen LogP) is 2.08. The van der Waals surface area contributed by atoms with Crippen molar-refractivity contribution in [2.75, 3.05) is 0 Å². The number of halogens is 2. The van der Waals surface area contributed by atoms with Gasteiger partial charge >= 0.3 is 26.2 Å². The van der Waals surface area contributed by atoms with Crippen LogP contribution in [0.1, 0.15) is 75.8 Å². The van der Waals surface area contributed by atoms with Crippen molar-refractivity contribution < 1.29 is 55.4 Å². The van der Waals surface area contributed by atoms with E-state index in [1.165, 1.54) is 33.4 Å². The maximum Gasteiger partial charge on any atom is 4.00 e. The molecule has 4 heteroatoms. The Hall–Kier alpha value is -1.34. The summed E-state index contributed by atoms with van der Waals surface area (Å²) in [5, 5.41) is 0. The monoisotopic (exact) mass is 568 g/mol. The van der Waals surface area contributed by atoms with Crippen LogP contribution in [0.5, 0.6) is 0 Å². The summed E-state index contributed by atoms with van der Waals surface area (Å²) in [5.74, 6) is 0. The molecule has 176 valence electrons. The summed E-state index contributed by atoms with van der Waals surface area (Å²) in [7, 11) is 0. The van der Waals surface area contributed by atoms with Gasteiger partial charge < -0.3 is 29.2 Å². The molecule has 0 unspecified atom stereocenters. The number of furan rings is 1. The largest absolute Gasteiger partial charge is 4.00 e. The number of allylic oxidation sites excluding steroid dienone is 4. The van der Waals surface area contributed by atoms with Crippen LogP contribution in [0.25, 0.3) is 16.7 Å². The Kier molecular flexibility index (Phi) is 10.9. The zero-order chi connectivity index (χ0) is 22.2. The molecule has 3 aromatic rings. The summed E-state index contributed by atoms with van der Waals surface area (Å²) in [6.07, 6.45) is 12.7. The second-order valence-electron chi connectivity index (χ2n) is 10.5. The van der Waals surface area contributed by atoms with Gasteiger partial charge in [0.05, 0.1) is 6.26 Å². The zero-order valence-electron chi connectivity index (χ0n) is 20.9. The molecule has 0 radical (unpaired) electrons. The van der Waals surface area contributed by atoms with Gasteiger partial charge in [0, 0.05) is 6.26 Å². The van der Waals surface area contributed by atoms with E-state index in [2.05, 4.69) is 96.2 Å². The molecule has 1 nitrogen and oxygen atoms in total. The van der Waals surface area contributed by atoms with E-state index in [0.717, 1.165) is 24.0 Å². The van der Waals surface area contributed by atoms with Crippen molar-refractivity contribution in [1.29, 1.82) is 0 Å². The van der Waals surface area contributed by atoms with Crippen LogP contribution < -0.4 is 24.8 Å². The van der Waals surface area contributed by atoms with Crippen LogP contribution in [0, 0.1) is 12.1 Å². The molecule has 0 saturated heterocycles. The fraction of sp³-hybridized carbons (Fsp3) is 0.333. The second-order valence-corrected chi connectivity index (χ2v) is 10.5. The van der Waals surface area contributed by atoms with Gasteiger partial charge in [0.15, 0.2) is 0 Å². The molecule has 0 bridgehead atoms. The van der Waals surface area contributed by atoms with Crippen molar-refractivity contribution in [3.8, 4) is 11.1 Å². The minimum absolute atomic E-state index is 0. The number of hydrogen-bond donors (Lipinski definition) is 0. The number of fused-ring (bicyclic) bond motifs is 3. The van der Waals surface area contributed by atoms with Gasteiger partial charge in [0.1, 0.15) is 0 Å². The third-order valence-corrected chi connectivity index (χ3v) is 6.05. The van der Waals surface area contributed by atoms with Crippen molar-refractivity contribution in [3.63, 3.8) is 0 Å². The summed E-state index contributed by atoms with van der Waals surface area (Å²) in [4.78, 5) is 0. The van der Waals surface area contributed by atoms with Gasteiger partial charge in [0.25, 0.3) is 0 Å². The van der Waals surface area contributed by atoms with Crippen molar-refractivity contribution >= 4 is 5.57 Å². The Morgan fingerprint density at radius 2 is 1.53 bits per heavy atom. The number of rotatable bonds is 1. The van der Waals surface area contributed by atoms with E-state index in [1.807, 2.05) is 6.07 Å². The maximum atomic E-state index is 4.93. The van der Waals surface area contributed by atoms with Gasteiger partial charge in [-0.15, -0.1) is 11.6 Å². The normalized spacial score (nSPS) is 13.3. The molecule has 1 aromatic heterocycles. The van der Waals surface area contributed by atoms with E-state index in [1.54, 1.807) is 12.5 Å². The van der Waals surface area contributed by atoms with E-state index >= 15 is 0 Å². The molecule has 0 saturated carbocycles. The van der Waals surface area contributed by atoms with E-state index in [4.69, 9.17) is 4.42 Å². The smallest absolute Gasteiger partial charge is 1.00 e. The molecular formula is C30H32Cl2OZr. The van der Waals surface area contributed by atoms with Crippen molar-refractivity contribution in [3.05, 3.63) is 101 Å². The first-order valence-corrected chi connectivity index (χ1v) is 11.1. The molecule has 0 spiro atoms. The van der Waals surface area contributed by atoms with Gasteiger partial charge in [-0.25, -0.2) is 0 Å². The average Bonchev–Trinajstić information content (AvgIpc) is 3.45. The summed E-state index contributed by atoms with van der Waals surface area (Å²) in [6.45, 7) is 13.6. The molecule has 34 heavy (non-hydrogen) atoms. The fourth-order valence-electron chi connectivity index (χ4n) is 4.01. The predicted molar refractivity (Wildman–Crippen MR) is 130 cm³/mol. The topological polar surface area (TPSA) is 13.1 Å². The first-order valence-electron chi connectivity index (χ1n) is 11.1. The van der Waals surface area contributed by atoms with Crippen LogP contribution in [-0.2, 0) is 43.5 Å². The van der Waals surface area contributed by atoms with Gasteiger partial charge in [-0.1, -0.05) is 94.3 Å². The molecule has 1 heterocycles.